The van der Waals surface area contributed by atoms with Crippen LogP contribution in [-0.2, 0) is 0 Å². The predicted molar refractivity (Wildman–Crippen MR) is 232 cm³/mol. The molecule has 3 aliphatic rings. The molecular formula is C54H38O6. The van der Waals surface area contributed by atoms with Crippen molar-refractivity contribution in [3.05, 3.63) is 243 Å². The van der Waals surface area contributed by atoms with E-state index in [2.05, 4.69) is 48.5 Å². The van der Waals surface area contributed by atoms with E-state index in [1.54, 1.807) is 67.8 Å². The van der Waals surface area contributed by atoms with Gasteiger partial charge in [-0.3, -0.25) is 9.59 Å². The summed E-state index contributed by atoms with van der Waals surface area (Å²) < 4.78 is 24.7. The normalized spacial score (nSPS) is 14.3. The molecule has 0 spiro atoms. The standard InChI is InChI=1S/C54H38O6/c1-33-11-13-34(14-12-33)53(55)35-15-21-38(22-16-35)58-40-27-29-41(30-28-40)59-39-23-17-36(18-24-39)54(56)37-19-25-42(26-20-37)60-48-32-31-47(57-2)51-49-43-7-3-5-9-45(43)50(52(48)51)46-10-6-4-8-44(46)49/h3-32,49-50H,1-2H3. The maximum Gasteiger partial charge on any atom is 0.193 e. The van der Waals surface area contributed by atoms with Crippen LogP contribution in [0.3, 0.4) is 0 Å². The third-order valence-electron chi connectivity index (χ3n) is 11.4. The van der Waals surface area contributed by atoms with E-state index in [-0.39, 0.29) is 23.4 Å². The molecule has 0 amide bonds. The van der Waals surface area contributed by atoms with Crippen molar-refractivity contribution in [3.8, 4) is 40.2 Å². The molecule has 2 bridgehead atoms. The quantitative estimate of drug-likeness (QED) is 0.122. The lowest BCUT2D eigenvalue weighted by atomic mass is 9.60. The minimum Gasteiger partial charge on any atom is -0.496 e. The largest absolute Gasteiger partial charge is 0.496 e. The zero-order chi connectivity index (χ0) is 40.7. The molecule has 0 radical (unpaired) electrons. The van der Waals surface area contributed by atoms with Gasteiger partial charge in [0.2, 0.25) is 0 Å². The topological polar surface area (TPSA) is 71.1 Å². The van der Waals surface area contributed by atoms with Crippen LogP contribution in [0.1, 0.15) is 82.6 Å². The molecule has 3 aliphatic carbocycles. The van der Waals surface area contributed by atoms with Crippen molar-refractivity contribution in [1.29, 1.82) is 0 Å². The van der Waals surface area contributed by atoms with Crippen LogP contribution in [0.5, 0.6) is 40.2 Å². The molecule has 290 valence electrons. The number of carbonyl (C=O) groups excluding carboxylic acids is 2. The van der Waals surface area contributed by atoms with Crippen LogP contribution in [0.2, 0.25) is 0 Å². The SMILES string of the molecule is COc1ccc(Oc2ccc(C(=O)c3ccc(Oc4ccc(Oc5ccc(C(=O)c6ccc(C)cc6)cc5)cc4)cc3)cc2)c2c1C1c3ccccc3C2c2ccccc21. The summed E-state index contributed by atoms with van der Waals surface area (Å²) in [6.45, 7) is 1.99. The summed E-state index contributed by atoms with van der Waals surface area (Å²) in [6, 6.07) is 57.6. The predicted octanol–water partition coefficient (Wildman–Crippen LogP) is 12.8. The number of methoxy groups -OCH3 is 1. The van der Waals surface area contributed by atoms with Gasteiger partial charge in [-0.2, -0.15) is 0 Å². The number of ketones is 2. The molecule has 0 fully saturated rings. The summed E-state index contributed by atoms with van der Waals surface area (Å²) in [6.07, 6.45) is 0. The van der Waals surface area contributed by atoms with Gasteiger partial charge in [-0.15, -0.1) is 0 Å². The Balaban J connectivity index is 0.791. The number of ether oxygens (including phenoxy) is 4. The van der Waals surface area contributed by atoms with Gasteiger partial charge >= 0.3 is 0 Å². The Labute approximate surface area is 348 Å². The van der Waals surface area contributed by atoms with Gasteiger partial charge in [0.15, 0.2) is 11.6 Å². The summed E-state index contributed by atoms with van der Waals surface area (Å²) >= 11 is 0. The molecule has 0 heterocycles. The van der Waals surface area contributed by atoms with Crippen molar-refractivity contribution in [2.24, 2.45) is 0 Å². The third-order valence-corrected chi connectivity index (χ3v) is 11.4. The van der Waals surface area contributed by atoms with Gasteiger partial charge in [-0.1, -0.05) is 78.4 Å². The number of carbonyl (C=O) groups is 2. The van der Waals surface area contributed by atoms with Gasteiger partial charge in [-0.05, 0) is 138 Å². The van der Waals surface area contributed by atoms with Crippen molar-refractivity contribution in [1.82, 2.24) is 0 Å². The molecule has 6 nitrogen and oxygen atoms in total. The van der Waals surface area contributed by atoms with E-state index in [1.807, 2.05) is 79.7 Å². The fourth-order valence-corrected chi connectivity index (χ4v) is 8.53. The molecule has 11 rings (SSSR count). The summed E-state index contributed by atoms with van der Waals surface area (Å²) in [5, 5.41) is 0. The molecule has 6 heteroatoms. The minimum atomic E-state index is -0.102. The molecule has 0 saturated carbocycles. The van der Waals surface area contributed by atoms with Crippen LogP contribution >= 0.6 is 0 Å². The highest BCUT2D eigenvalue weighted by molar-refractivity contribution is 6.09. The van der Waals surface area contributed by atoms with Crippen LogP contribution in [0.15, 0.2) is 182 Å². The molecule has 0 aliphatic heterocycles. The molecule has 0 saturated heterocycles. The van der Waals surface area contributed by atoms with Crippen molar-refractivity contribution in [2.75, 3.05) is 7.11 Å². The summed E-state index contributed by atoms with van der Waals surface area (Å²) in [5.74, 6) is 4.67. The average Bonchev–Trinajstić information content (AvgIpc) is 3.30. The molecular weight excluding hydrogens is 745 g/mol. The van der Waals surface area contributed by atoms with E-state index < -0.39 is 0 Å². The van der Waals surface area contributed by atoms with Crippen molar-refractivity contribution >= 4 is 11.6 Å². The molecule has 0 N–H and O–H groups in total. The van der Waals surface area contributed by atoms with Crippen LogP contribution in [0, 0.1) is 6.92 Å². The fraction of sp³-hybridized carbons (Fsp3) is 0.0741. The zero-order valence-electron chi connectivity index (χ0n) is 32.9. The Kier molecular flexibility index (Phi) is 9.30. The van der Waals surface area contributed by atoms with E-state index in [0.717, 1.165) is 28.2 Å². The molecule has 8 aromatic carbocycles. The molecule has 0 unspecified atom stereocenters. The summed E-state index contributed by atoms with van der Waals surface area (Å²) in [7, 11) is 1.73. The Morgan fingerprint density at radius 1 is 0.367 bits per heavy atom. The smallest absolute Gasteiger partial charge is 0.193 e. The minimum absolute atomic E-state index is 0.0163. The van der Waals surface area contributed by atoms with Crippen LogP contribution < -0.4 is 18.9 Å². The van der Waals surface area contributed by atoms with Gasteiger partial charge in [0.25, 0.3) is 0 Å². The van der Waals surface area contributed by atoms with Crippen molar-refractivity contribution in [2.45, 2.75) is 18.8 Å². The lowest BCUT2D eigenvalue weighted by Crippen LogP contribution is -2.28. The highest BCUT2D eigenvalue weighted by Crippen LogP contribution is 2.60. The molecule has 0 aromatic heterocycles. The Hall–Kier alpha value is -7.70. The summed E-state index contributed by atoms with van der Waals surface area (Å²) in [5.41, 5.74) is 10.9. The maximum absolute atomic E-state index is 13.6. The lowest BCUT2D eigenvalue weighted by molar-refractivity contribution is 0.103. The van der Waals surface area contributed by atoms with Crippen molar-refractivity contribution in [3.63, 3.8) is 0 Å². The first kappa shape index (κ1) is 36.6. The van der Waals surface area contributed by atoms with Crippen LogP contribution in [0.4, 0.5) is 0 Å². The number of hydrogen-bond acceptors (Lipinski definition) is 6. The average molecular weight is 783 g/mol. The number of rotatable bonds is 11. The van der Waals surface area contributed by atoms with Gasteiger partial charge in [-0.25, -0.2) is 0 Å². The van der Waals surface area contributed by atoms with E-state index in [0.29, 0.717) is 51.0 Å². The van der Waals surface area contributed by atoms with Gasteiger partial charge in [0, 0.05) is 45.2 Å². The second-order valence-corrected chi connectivity index (χ2v) is 15.1. The third kappa shape index (κ3) is 6.68. The number of hydrogen-bond donors (Lipinski definition) is 0. The molecule has 60 heavy (non-hydrogen) atoms. The van der Waals surface area contributed by atoms with Crippen molar-refractivity contribution < 1.29 is 28.5 Å². The van der Waals surface area contributed by atoms with E-state index >= 15 is 0 Å². The molecule has 8 aromatic rings. The summed E-state index contributed by atoms with van der Waals surface area (Å²) in [4.78, 5) is 26.4. The van der Waals surface area contributed by atoms with Crippen LogP contribution in [-0.4, -0.2) is 18.7 Å². The molecule has 0 atom stereocenters. The Morgan fingerprint density at radius 2 is 0.667 bits per heavy atom. The van der Waals surface area contributed by atoms with E-state index in [1.165, 1.54) is 22.3 Å². The first-order valence-electron chi connectivity index (χ1n) is 19.9. The van der Waals surface area contributed by atoms with Gasteiger partial charge in [0.05, 0.1) is 7.11 Å². The van der Waals surface area contributed by atoms with E-state index in [4.69, 9.17) is 18.9 Å². The number of benzene rings is 8. The highest BCUT2D eigenvalue weighted by atomic mass is 16.5. The Bertz CT molecular complexity index is 2850. The van der Waals surface area contributed by atoms with Crippen LogP contribution in [0.25, 0.3) is 0 Å². The Morgan fingerprint density at radius 3 is 1.03 bits per heavy atom. The lowest BCUT2D eigenvalue weighted by Gasteiger charge is -2.43. The first-order valence-corrected chi connectivity index (χ1v) is 19.9. The second-order valence-electron chi connectivity index (χ2n) is 15.1. The second kappa shape index (κ2) is 15.2. The fourth-order valence-electron chi connectivity index (χ4n) is 8.53. The highest BCUT2D eigenvalue weighted by Gasteiger charge is 2.44. The zero-order valence-corrected chi connectivity index (χ0v) is 32.9. The maximum atomic E-state index is 13.6. The monoisotopic (exact) mass is 782 g/mol. The van der Waals surface area contributed by atoms with E-state index in [9.17, 15) is 9.59 Å². The van der Waals surface area contributed by atoms with Gasteiger partial charge in [0.1, 0.15) is 40.2 Å². The number of aryl methyl sites for hydroxylation is 1. The van der Waals surface area contributed by atoms with Gasteiger partial charge < -0.3 is 18.9 Å². The first-order chi connectivity index (χ1) is 29.4.